The average Bonchev–Trinajstić information content (AvgIpc) is 3.85. The molecule has 66 heavy (non-hydrogen) atoms. The third-order valence-electron chi connectivity index (χ3n) is 12.9. The minimum absolute atomic E-state index is 0.0801. The molecule has 2 fully saturated rings. The van der Waals surface area contributed by atoms with Crippen LogP contribution in [0.3, 0.4) is 0 Å². The van der Waals surface area contributed by atoms with Gasteiger partial charge in [0.1, 0.15) is 24.2 Å². The number of cyclic esters (lactones) is 1. The summed E-state index contributed by atoms with van der Waals surface area (Å²) in [4.78, 5) is 80.6. The van der Waals surface area contributed by atoms with E-state index in [0.717, 1.165) is 61.2 Å². The Labute approximate surface area is 386 Å². The third-order valence-corrected chi connectivity index (χ3v) is 12.9. The van der Waals surface area contributed by atoms with E-state index in [4.69, 9.17) is 19.3 Å². The molecule has 0 radical (unpaired) electrons. The Kier molecular flexibility index (Phi) is 14.5. The Bertz CT molecular complexity index is 2500. The molecule has 3 N–H and O–H groups in total. The molecule has 4 amide bonds. The summed E-state index contributed by atoms with van der Waals surface area (Å²) in [7, 11) is 3.10. The maximum absolute atomic E-state index is 14.7. The van der Waals surface area contributed by atoms with E-state index in [2.05, 4.69) is 66.9 Å². The van der Waals surface area contributed by atoms with Crippen LogP contribution in [0, 0.1) is 11.3 Å². The predicted molar refractivity (Wildman–Crippen MR) is 248 cm³/mol. The summed E-state index contributed by atoms with van der Waals surface area (Å²) >= 11 is 0. The van der Waals surface area contributed by atoms with Crippen molar-refractivity contribution in [2.24, 2.45) is 11.3 Å². The van der Waals surface area contributed by atoms with Gasteiger partial charge in [0.05, 0.1) is 30.6 Å². The number of carbonyl (C=O) groups excluding carboxylic acids is 5. The van der Waals surface area contributed by atoms with Crippen LogP contribution < -0.4 is 10.7 Å². The number of methoxy groups -OCH3 is 1. The van der Waals surface area contributed by atoms with Crippen LogP contribution in [0.25, 0.3) is 33.3 Å². The van der Waals surface area contributed by atoms with Gasteiger partial charge in [0.2, 0.25) is 5.91 Å². The summed E-state index contributed by atoms with van der Waals surface area (Å²) in [5.74, 6) is -3.34. The van der Waals surface area contributed by atoms with Crippen molar-refractivity contribution in [2.45, 2.75) is 110 Å². The number of rotatable bonds is 10. The number of nitrogens with one attached hydrogen (secondary N) is 2. The lowest BCUT2D eigenvalue weighted by Gasteiger charge is -2.37. The highest BCUT2D eigenvalue weighted by atomic mass is 16.7. The Morgan fingerprint density at radius 2 is 1.86 bits per heavy atom. The topological polar surface area (TPSA) is 185 Å². The highest BCUT2D eigenvalue weighted by Crippen LogP contribution is 2.42. The molecule has 16 heteroatoms. The largest absolute Gasteiger partial charge is 0.464 e. The highest BCUT2D eigenvalue weighted by Gasteiger charge is 2.45. The second-order valence-electron chi connectivity index (χ2n) is 18.7. The molecule has 0 spiro atoms. The number of hydroxylamine groups is 2. The van der Waals surface area contributed by atoms with Crippen LogP contribution in [0.4, 0.5) is 0 Å². The molecular formula is C50H63N7O9. The molecule has 4 aromatic rings. The van der Waals surface area contributed by atoms with Crippen molar-refractivity contribution in [2.75, 3.05) is 33.9 Å². The van der Waals surface area contributed by atoms with E-state index in [1.165, 1.54) is 17.0 Å². The summed E-state index contributed by atoms with van der Waals surface area (Å²) in [6.45, 7) is 16.1. The minimum Gasteiger partial charge on any atom is -0.464 e. The van der Waals surface area contributed by atoms with Gasteiger partial charge in [0, 0.05) is 61.7 Å². The van der Waals surface area contributed by atoms with Crippen LogP contribution in [0.5, 0.6) is 0 Å². The van der Waals surface area contributed by atoms with Crippen LogP contribution in [0.1, 0.15) is 77.3 Å². The smallest absolute Gasteiger partial charge is 0.324 e. The molecule has 2 aromatic heterocycles. The molecule has 2 saturated heterocycles. The number of pyridine rings is 1. The SMILES string of the molecule is C=CC(=O)N1C[C@@H](O)[C@H](C(=O)N(C)[C@H](C(=O)N[C@H]2Cc3cccc(c3)-c3ccc4c(c3)c(c(-c3cccnc3[C@H](C)OC)n4CC)CC(C)(C)COC(=O)[C@@H]3CCCN(N3)C2=O)C(C)C)O1. The number of hydrogen-bond donors (Lipinski definition) is 3. The fourth-order valence-corrected chi connectivity index (χ4v) is 9.48. The molecule has 6 atom stereocenters. The van der Waals surface area contributed by atoms with E-state index in [9.17, 15) is 29.1 Å². The summed E-state index contributed by atoms with van der Waals surface area (Å²) in [5.41, 5.74) is 10.2. The van der Waals surface area contributed by atoms with Gasteiger partial charge in [0.15, 0.2) is 6.10 Å². The zero-order chi connectivity index (χ0) is 47.6. The monoisotopic (exact) mass is 905 g/mol. The zero-order valence-corrected chi connectivity index (χ0v) is 39.2. The van der Waals surface area contributed by atoms with Gasteiger partial charge in [-0.2, -0.15) is 0 Å². The number of benzene rings is 2. The van der Waals surface area contributed by atoms with Crippen molar-refractivity contribution in [1.29, 1.82) is 0 Å². The van der Waals surface area contributed by atoms with E-state index in [-0.39, 0.29) is 32.2 Å². The van der Waals surface area contributed by atoms with E-state index < -0.39 is 71.3 Å². The first-order valence-corrected chi connectivity index (χ1v) is 22.8. The summed E-state index contributed by atoms with van der Waals surface area (Å²) < 4.78 is 14.2. The molecule has 0 unspecified atom stereocenters. The summed E-state index contributed by atoms with van der Waals surface area (Å²) in [6.07, 6.45) is 1.34. The molecule has 3 aliphatic heterocycles. The lowest BCUT2D eigenvalue weighted by Crippen LogP contribution is -2.62. The van der Waals surface area contributed by atoms with Gasteiger partial charge in [-0.15, -0.1) is 0 Å². The molecule has 352 valence electrons. The number of carbonyl (C=O) groups is 5. The van der Waals surface area contributed by atoms with Crippen LogP contribution in [0.2, 0.25) is 0 Å². The second-order valence-corrected chi connectivity index (χ2v) is 18.7. The maximum atomic E-state index is 14.7. The standard InChI is InChI=1S/C50H63N7O9/c1-10-41(59)57-27-40(58)45(66-57)48(62)54(8)43(29(3)4)46(60)52-38-24-31-15-12-16-32(23-31)33-19-20-39-35(25-33)36(44(55(39)11-2)34-17-13-21-51-42(34)30(5)64-9)26-50(6,7)28-65-49(63)37-18-14-22-56(53-37)47(38)61/h10,12-13,15-17,19-21,23,25,29-30,37-38,40,43,45,53,58H,1,11,14,18,22,24,26-28H2,2-9H3,(H,52,60)/t30-,37-,38-,40+,43-,45+/m0/s1. The van der Waals surface area contributed by atoms with E-state index in [1.54, 1.807) is 27.2 Å². The second kappa shape index (κ2) is 19.9. The molecule has 5 heterocycles. The van der Waals surface area contributed by atoms with E-state index in [0.29, 0.717) is 25.8 Å². The van der Waals surface area contributed by atoms with Crippen molar-refractivity contribution < 1.29 is 43.4 Å². The first-order valence-electron chi connectivity index (χ1n) is 22.8. The number of aromatic nitrogens is 2. The van der Waals surface area contributed by atoms with Crippen LogP contribution in [0.15, 0.2) is 73.4 Å². The first kappa shape index (κ1) is 48.0. The number of amides is 4. The maximum Gasteiger partial charge on any atom is 0.324 e. The van der Waals surface area contributed by atoms with Crippen molar-refractivity contribution in [3.05, 3.63) is 90.3 Å². The van der Waals surface area contributed by atoms with Gasteiger partial charge < -0.3 is 29.4 Å². The molecule has 3 aliphatic rings. The number of fused-ring (bicyclic) bond motifs is 6. The van der Waals surface area contributed by atoms with Crippen molar-refractivity contribution >= 4 is 40.5 Å². The van der Waals surface area contributed by atoms with Gasteiger partial charge in [-0.25, -0.2) is 10.5 Å². The van der Waals surface area contributed by atoms with Crippen molar-refractivity contribution in [3.8, 4) is 22.4 Å². The molecule has 0 saturated carbocycles. The van der Waals surface area contributed by atoms with Crippen LogP contribution in [-0.4, -0.2) is 123 Å². The Hall–Kier alpha value is -5.94. The molecular weight excluding hydrogens is 843 g/mol. The molecule has 6 bridgehead atoms. The number of aryl methyl sites for hydroxylation is 1. The lowest BCUT2D eigenvalue weighted by molar-refractivity contribution is -0.185. The van der Waals surface area contributed by atoms with Gasteiger partial charge in [-0.05, 0) is 91.6 Å². The van der Waals surface area contributed by atoms with E-state index >= 15 is 0 Å². The molecule has 7 rings (SSSR count). The van der Waals surface area contributed by atoms with Gasteiger partial charge in [-0.1, -0.05) is 64.6 Å². The molecule has 16 nitrogen and oxygen atoms in total. The number of hydrazine groups is 1. The van der Waals surface area contributed by atoms with Crippen molar-refractivity contribution in [3.63, 3.8) is 0 Å². The number of aliphatic hydroxyl groups is 1. The van der Waals surface area contributed by atoms with Gasteiger partial charge in [-0.3, -0.25) is 38.8 Å². The minimum atomic E-state index is -1.44. The number of β-amino-alcohol motifs (C(OH)–C–C–N with tert-alkyl or cyclic N) is 1. The Morgan fingerprint density at radius 3 is 2.58 bits per heavy atom. The molecule has 2 aromatic carbocycles. The number of hydrogen-bond acceptors (Lipinski definition) is 11. The average molecular weight is 906 g/mol. The van der Waals surface area contributed by atoms with Gasteiger partial charge >= 0.3 is 5.97 Å². The lowest BCUT2D eigenvalue weighted by atomic mass is 9.84. The number of ether oxygens (including phenoxy) is 2. The van der Waals surface area contributed by atoms with Crippen LogP contribution >= 0.6 is 0 Å². The van der Waals surface area contributed by atoms with Crippen molar-refractivity contribution in [1.82, 2.24) is 35.3 Å². The zero-order valence-electron chi connectivity index (χ0n) is 39.2. The summed E-state index contributed by atoms with van der Waals surface area (Å²) in [6, 6.07) is 15.3. The quantitative estimate of drug-likeness (QED) is 0.145. The normalized spacial score (nSPS) is 22.1. The number of nitrogens with zero attached hydrogens (tertiary/aromatic N) is 5. The number of likely N-dealkylation sites (N-methyl/N-ethyl adjacent to an activating group) is 1. The fourth-order valence-electron chi connectivity index (χ4n) is 9.48. The first-order chi connectivity index (χ1) is 31.5. The molecule has 0 aliphatic carbocycles. The summed E-state index contributed by atoms with van der Waals surface area (Å²) in [5, 5.41) is 17.0. The van der Waals surface area contributed by atoms with Gasteiger partial charge in [0.25, 0.3) is 17.7 Å². The highest BCUT2D eigenvalue weighted by molar-refractivity contribution is 5.96. The Morgan fingerprint density at radius 1 is 1.11 bits per heavy atom. The fraction of sp³-hybridized carbons (Fsp3) is 0.480. The Balaban J connectivity index is 1.29. The van der Waals surface area contributed by atoms with Crippen LogP contribution in [-0.2, 0) is 57.7 Å². The predicted octanol–water partition coefficient (Wildman–Crippen LogP) is 4.92. The number of aliphatic hydroxyl groups excluding tert-OH is 1. The third kappa shape index (κ3) is 9.78. The number of esters is 1. The van der Waals surface area contributed by atoms with E-state index in [1.807, 2.05) is 37.3 Å².